The first-order valence-corrected chi connectivity index (χ1v) is 11.7. The molecule has 0 saturated heterocycles. The molecule has 0 bridgehead atoms. The number of hydrogen-bond donors (Lipinski definition) is 4. The number of benzene rings is 3. The molecule has 9 nitrogen and oxygen atoms in total. The molecule has 166 valence electrons. The Hall–Kier alpha value is -3.25. The summed E-state index contributed by atoms with van der Waals surface area (Å²) in [4.78, 5) is 23.8. The predicted molar refractivity (Wildman–Crippen MR) is 119 cm³/mol. The van der Waals surface area contributed by atoms with Crippen molar-refractivity contribution in [3.8, 4) is 0 Å². The fourth-order valence-corrected chi connectivity index (χ4v) is 4.52. The number of carbonyl (C=O) groups excluding carboxylic acids is 1. The quantitative estimate of drug-likeness (QED) is 0.366. The number of hydrogen-bond acceptors (Lipinski definition) is 5. The zero-order valence-electron chi connectivity index (χ0n) is 16.0. The van der Waals surface area contributed by atoms with E-state index in [4.69, 9.17) is 16.2 Å². The first kappa shape index (κ1) is 23.4. The van der Waals surface area contributed by atoms with Crippen molar-refractivity contribution in [1.82, 2.24) is 0 Å². The number of halogens is 1. The van der Waals surface area contributed by atoms with E-state index in [-0.39, 0.29) is 37.3 Å². The number of nitrogens with one attached hydrogen (secondary N) is 2. The summed E-state index contributed by atoms with van der Waals surface area (Å²) in [7, 11) is -3.88. The molecule has 0 saturated carbocycles. The van der Waals surface area contributed by atoms with Crippen molar-refractivity contribution in [2.45, 2.75) is 9.79 Å². The van der Waals surface area contributed by atoms with E-state index < -0.39 is 33.0 Å². The largest absolute Gasteiger partial charge is 0.478 e. The Morgan fingerprint density at radius 1 is 0.844 bits per heavy atom. The van der Waals surface area contributed by atoms with Crippen LogP contribution in [0.2, 0.25) is 5.02 Å². The number of carbonyl (C=O) groups is 2. The normalized spacial score (nSPS) is 12.1. The molecule has 0 fully saturated rings. The Kier molecular flexibility index (Phi) is 6.94. The predicted octanol–water partition coefficient (Wildman–Crippen LogP) is 3.67. The van der Waals surface area contributed by atoms with Crippen molar-refractivity contribution >= 4 is 56.0 Å². The molecule has 0 aliphatic carbocycles. The first-order valence-electron chi connectivity index (χ1n) is 8.75. The molecule has 0 aliphatic heterocycles. The molecule has 32 heavy (non-hydrogen) atoms. The van der Waals surface area contributed by atoms with E-state index in [0.29, 0.717) is 0 Å². The maximum atomic E-state index is 12.8. The number of rotatable bonds is 7. The van der Waals surface area contributed by atoms with E-state index in [1.807, 2.05) is 0 Å². The van der Waals surface area contributed by atoms with Crippen LogP contribution in [0.3, 0.4) is 0 Å². The Bertz CT molecular complexity index is 1310. The summed E-state index contributed by atoms with van der Waals surface area (Å²) in [6.07, 6.45) is 0. The molecule has 0 radical (unpaired) electrons. The minimum atomic E-state index is -3.88. The topological polar surface area (TPSA) is 150 Å². The number of amides is 1. The Morgan fingerprint density at radius 3 is 1.88 bits per heavy atom. The molecule has 0 heterocycles. The van der Waals surface area contributed by atoms with Crippen LogP contribution in [0.4, 0.5) is 11.4 Å². The second-order valence-electron chi connectivity index (χ2n) is 6.35. The lowest BCUT2D eigenvalue weighted by Gasteiger charge is -2.10. The first-order chi connectivity index (χ1) is 15.1. The van der Waals surface area contributed by atoms with E-state index in [1.54, 1.807) is 0 Å². The summed E-state index contributed by atoms with van der Waals surface area (Å²) in [6, 6.07) is 14.4. The molecular weight excluding hydrogens is 480 g/mol. The van der Waals surface area contributed by atoms with Gasteiger partial charge in [-0.1, -0.05) is 11.6 Å². The summed E-state index contributed by atoms with van der Waals surface area (Å²) in [6.45, 7) is 0. The number of sulfone groups is 1. The van der Waals surface area contributed by atoms with Crippen molar-refractivity contribution in [2.75, 3.05) is 10.0 Å². The SMILES string of the molecule is O=C(O)c1ccc(Cl)cc1C(=O)Nc1ccc(S(=O)(=O)c2ccc(NS(=O)O)cc2)cc1. The smallest absolute Gasteiger partial charge is 0.336 e. The van der Waals surface area contributed by atoms with Crippen LogP contribution in [0, 0.1) is 0 Å². The molecule has 3 aromatic rings. The van der Waals surface area contributed by atoms with Gasteiger partial charge in [-0.05, 0) is 66.7 Å². The third-order valence-corrected chi connectivity index (χ3v) is 6.68. The van der Waals surface area contributed by atoms with Crippen molar-refractivity contribution in [3.05, 3.63) is 82.9 Å². The van der Waals surface area contributed by atoms with Crippen LogP contribution in [-0.4, -0.2) is 34.2 Å². The maximum absolute atomic E-state index is 12.8. The van der Waals surface area contributed by atoms with Crippen LogP contribution in [0.5, 0.6) is 0 Å². The number of carboxylic acid groups (broad SMARTS) is 1. The van der Waals surface area contributed by atoms with Crippen LogP contribution in [0.1, 0.15) is 20.7 Å². The van der Waals surface area contributed by atoms with Gasteiger partial charge in [0.1, 0.15) is 0 Å². The van der Waals surface area contributed by atoms with Crippen LogP contribution in [-0.2, 0) is 21.1 Å². The van der Waals surface area contributed by atoms with Crippen molar-refractivity contribution in [1.29, 1.82) is 0 Å². The van der Waals surface area contributed by atoms with Crippen LogP contribution in [0.15, 0.2) is 76.5 Å². The van der Waals surface area contributed by atoms with Gasteiger partial charge >= 0.3 is 5.97 Å². The van der Waals surface area contributed by atoms with Gasteiger partial charge in [-0.2, -0.15) is 0 Å². The lowest BCUT2D eigenvalue weighted by molar-refractivity contribution is 0.0692. The Morgan fingerprint density at radius 2 is 1.38 bits per heavy atom. The summed E-state index contributed by atoms with van der Waals surface area (Å²) in [5.41, 5.74) is 0.146. The summed E-state index contributed by atoms with van der Waals surface area (Å²) < 4.78 is 47.4. The summed E-state index contributed by atoms with van der Waals surface area (Å²) in [5, 5.41) is 11.9. The monoisotopic (exact) mass is 494 g/mol. The van der Waals surface area contributed by atoms with Crippen molar-refractivity contribution in [2.24, 2.45) is 0 Å². The van der Waals surface area contributed by atoms with Gasteiger partial charge in [-0.25, -0.2) is 17.4 Å². The fourth-order valence-electron chi connectivity index (χ4n) is 2.75. The molecule has 0 aliphatic rings. The molecule has 1 unspecified atom stereocenters. The number of aromatic carboxylic acids is 1. The van der Waals surface area contributed by atoms with Gasteiger partial charge in [0.15, 0.2) is 0 Å². The molecule has 1 atom stereocenters. The van der Waals surface area contributed by atoms with Crippen LogP contribution in [0.25, 0.3) is 0 Å². The van der Waals surface area contributed by atoms with Crippen LogP contribution >= 0.6 is 11.6 Å². The van der Waals surface area contributed by atoms with Crippen molar-refractivity contribution in [3.63, 3.8) is 0 Å². The molecular formula is C20H15ClN2O7S2. The van der Waals surface area contributed by atoms with Gasteiger partial charge in [0.2, 0.25) is 9.84 Å². The lowest BCUT2D eigenvalue weighted by atomic mass is 10.1. The van der Waals surface area contributed by atoms with Crippen LogP contribution < -0.4 is 10.0 Å². The molecule has 4 N–H and O–H groups in total. The maximum Gasteiger partial charge on any atom is 0.336 e. The van der Waals surface area contributed by atoms with Gasteiger partial charge in [-0.15, -0.1) is 0 Å². The second kappa shape index (κ2) is 9.49. The highest BCUT2D eigenvalue weighted by Crippen LogP contribution is 2.24. The third-order valence-electron chi connectivity index (χ3n) is 4.25. The Balaban J connectivity index is 1.80. The average molecular weight is 495 g/mol. The number of anilines is 2. The van der Waals surface area contributed by atoms with Gasteiger partial charge in [0.25, 0.3) is 17.2 Å². The standard InChI is InChI=1S/C20H15ClN2O7S2/c21-12-1-10-17(20(25)26)18(11-12)19(24)22-13-2-6-15(7-3-13)32(29,30)16-8-4-14(5-9-16)23-31(27)28/h1-11,23H,(H,22,24)(H,25,26)(H,27,28). The molecule has 0 spiro atoms. The molecule has 3 rings (SSSR count). The highest BCUT2D eigenvalue weighted by Gasteiger charge is 2.19. The van der Waals surface area contributed by atoms with Crippen molar-refractivity contribution < 1.29 is 31.9 Å². The zero-order chi connectivity index (χ0) is 23.5. The summed E-state index contributed by atoms with van der Waals surface area (Å²) in [5.74, 6) is -2.01. The summed E-state index contributed by atoms with van der Waals surface area (Å²) >= 11 is 3.58. The molecule has 3 aromatic carbocycles. The highest BCUT2D eigenvalue weighted by molar-refractivity contribution is 7.91. The minimum absolute atomic E-state index is 0.0337. The molecule has 0 aromatic heterocycles. The average Bonchev–Trinajstić information content (AvgIpc) is 2.73. The van der Waals surface area contributed by atoms with E-state index in [1.165, 1.54) is 66.7 Å². The van der Waals surface area contributed by atoms with Gasteiger partial charge < -0.3 is 10.4 Å². The van der Waals surface area contributed by atoms with E-state index >= 15 is 0 Å². The van der Waals surface area contributed by atoms with Gasteiger partial charge in [0.05, 0.1) is 20.9 Å². The third kappa shape index (κ3) is 5.32. The lowest BCUT2D eigenvalue weighted by Crippen LogP contribution is -2.16. The Labute approximate surface area is 190 Å². The van der Waals surface area contributed by atoms with Gasteiger partial charge in [0, 0.05) is 16.4 Å². The van der Waals surface area contributed by atoms with E-state index in [0.717, 1.165) is 0 Å². The highest BCUT2D eigenvalue weighted by atomic mass is 35.5. The zero-order valence-corrected chi connectivity index (χ0v) is 18.4. The van der Waals surface area contributed by atoms with E-state index in [9.17, 15) is 27.3 Å². The molecule has 1 amide bonds. The molecule has 12 heteroatoms. The number of carboxylic acids is 1. The minimum Gasteiger partial charge on any atom is -0.478 e. The fraction of sp³-hybridized carbons (Fsp3) is 0. The second-order valence-corrected chi connectivity index (χ2v) is 9.44. The van der Waals surface area contributed by atoms with Gasteiger partial charge in [-0.3, -0.25) is 14.1 Å². The van der Waals surface area contributed by atoms with E-state index in [2.05, 4.69) is 10.0 Å².